The molecule has 1 aromatic rings. The normalized spacial score (nSPS) is 13.1. The molecular weight excluding hydrogens is 238 g/mol. The third-order valence-corrected chi connectivity index (χ3v) is 3.07. The number of benzene rings is 1. The predicted molar refractivity (Wildman–Crippen MR) is 79.9 cm³/mol. The van der Waals surface area contributed by atoms with E-state index in [2.05, 4.69) is 46.0 Å². The number of hydrogen-bond donors (Lipinski definition) is 2. The van der Waals surface area contributed by atoms with Crippen LogP contribution in [0.15, 0.2) is 18.2 Å². The Morgan fingerprint density at radius 2 is 1.89 bits per heavy atom. The van der Waals surface area contributed by atoms with Crippen molar-refractivity contribution in [1.82, 2.24) is 5.32 Å². The number of nitrogens with one attached hydrogen (secondary N) is 1. The standard InChI is InChI=1S/C16H27NO2/c1-11(2)16-7-6-15(8-13(16)5)19-10-14(18)9-17-12(3)4/h6-8,11-12,14,17-18H,9-10H2,1-5H3/t14-/m1/s1. The fourth-order valence-electron chi connectivity index (χ4n) is 2.01. The van der Waals surface area contributed by atoms with Gasteiger partial charge in [-0.2, -0.15) is 0 Å². The second-order valence-corrected chi connectivity index (χ2v) is 5.70. The van der Waals surface area contributed by atoms with Gasteiger partial charge in [-0.3, -0.25) is 0 Å². The van der Waals surface area contributed by atoms with Gasteiger partial charge >= 0.3 is 0 Å². The zero-order valence-corrected chi connectivity index (χ0v) is 12.7. The Morgan fingerprint density at radius 3 is 2.42 bits per heavy atom. The van der Waals surface area contributed by atoms with Crippen LogP contribution in [0.2, 0.25) is 0 Å². The third-order valence-electron chi connectivity index (χ3n) is 3.07. The van der Waals surface area contributed by atoms with Gasteiger partial charge < -0.3 is 15.2 Å². The van der Waals surface area contributed by atoms with Crippen molar-refractivity contribution >= 4 is 0 Å². The van der Waals surface area contributed by atoms with Gasteiger partial charge in [-0.15, -0.1) is 0 Å². The van der Waals surface area contributed by atoms with E-state index in [0.29, 0.717) is 25.1 Å². The van der Waals surface area contributed by atoms with Gasteiger partial charge in [0.05, 0.1) is 0 Å². The van der Waals surface area contributed by atoms with Crippen LogP contribution < -0.4 is 10.1 Å². The Labute approximate surface area is 117 Å². The molecule has 1 aromatic carbocycles. The summed E-state index contributed by atoms with van der Waals surface area (Å²) in [6, 6.07) is 6.50. The minimum atomic E-state index is -0.479. The molecule has 0 aliphatic carbocycles. The topological polar surface area (TPSA) is 41.5 Å². The Morgan fingerprint density at radius 1 is 1.21 bits per heavy atom. The first kappa shape index (κ1) is 16.0. The van der Waals surface area contributed by atoms with E-state index in [1.807, 2.05) is 12.1 Å². The molecule has 3 heteroatoms. The molecule has 0 amide bonds. The molecule has 3 nitrogen and oxygen atoms in total. The van der Waals surface area contributed by atoms with Crippen molar-refractivity contribution in [2.45, 2.75) is 52.7 Å². The number of aryl methyl sites for hydroxylation is 1. The van der Waals surface area contributed by atoms with Crippen molar-refractivity contribution in [3.05, 3.63) is 29.3 Å². The van der Waals surface area contributed by atoms with Crippen LogP contribution in [-0.2, 0) is 0 Å². The quantitative estimate of drug-likeness (QED) is 0.796. The maximum Gasteiger partial charge on any atom is 0.119 e. The third kappa shape index (κ3) is 5.62. The average Bonchev–Trinajstić information content (AvgIpc) is 2.33. The molecule has 0 radical (unpaired) electrons. The van der Waals surface area contributed by atoms with E-state index in [1.165, 1.54) is 11.1 Å². The summed E-state index contributed by atoms with van der Waals surface area (Å²) in [4.78, 5) is 0. The van der Waals surface area contributed by atoms with E-state index < -0.39 is 6.10 Å². The molecule has 19 heavy (non-hydrogen) atoms. The number of hydrogen-bond acceptors (Lipinski definition) is 3. The van der Waals surface area contributed by atoms with Crippen LogP contribution in [0.1, 0.15) is 44.7 Å². The van der Waals surface area contributed by atoms with Crippen LogP contribution >= 0.6 is 0 Å². The molecule has 0 bridgehead atoms. The Kier molecular flexibility index (Phi) is 6.32. The lowest BCUT2D eigenvalue weighted by Gasteiger charge is -2.16. The average molecular weight is 265 g/mol. The molecule has 0 fully saturated rings. The zero-order chi connectivity index (χ0) is 14.4. The second kappa shape index (κ2) is 7.51. The van der Waals surface area contributed by atoms with Crippen molar-refractivity contribution in [2.75, 3.05) is 13.2 Å². The summed E-state index contributed by atoms with van der Waals surface area (Å²) in [5.41, 5.74) is 2.58. The van der Waals surface area contributed by atoms with E-state index in [0.717, 1.165) is 5.75 Å². The van der Waals surface area contributed by atoms with Gasteiger partial charge in [-0.05, 0) is 36.1 Å². The first-order valence-corrected chi connectivity index (χ1v) is 7.05. The summed E-state index contributed by atoms with van der Waals surface area (Å²) in [7, 11) is 0. The summed E-state index contributed by atoms with van der Waals surface area (Å²) >= 11 is 0. The highest BCUT2D eigenvalue weighted by molar-refractivity contribution is 5.36. The summed E-state index contributed by atoms with van der Waals surface area (Å²) in [6.07, 6.45) is -0.479. The van der Waals surface area contributed by atoms with Gasteiger partial charge in [0.25, 0.3) is 0 Å². The van der Waals surface area contributed by atoms with Gasteiger partial charge in [0, 0.05) is 12.6 Å². The Bertz CT molecular complexity index is 388. The molecule has 0 unspecified atom stereocenters. The minimum Gasteiger partial charge on any atom is -0.491 e. The smallest absolute Gasteiger partial charge is 0.119 e. The van der Waals surface area contributed by atoms with E-state index in [-0.39, 0.29) is 0 Å². The molecule has 0 aromatic heterocycles. The summed E-state index contributed by atoms with van der Waals surface area (Å²) < 4.78 is 5.63. The predicted octanol–water partition coefficient (Wildman–Crippen LogP) is 2.86. The van der Waals surface area contributed by atoms with Gasteiger partial charge in [-0.1, -0.05) is 33.8 Å². The number of ether oxygens (including phenoxy) is 1. The highest BCUT2D eigenvalue weighted by Gasteiger charge is 2.08. The largest absolute Gasteiger partial charge is 0.491 e. The summed E-state index contributed by atoms with van der Waals surface area (Å²) in [5, 5.41) is 13.0. The fraction of sp³-hybridized carbons (Fsp3) is 0.625. The lowest BCUT2D eigenvalue weighted by atomic mass is 9.98. The molecule has 0 spiro atoms. The summed E-state index contributed by atoms with van der Waals surface area (Å²) in [6.45, 7) is 11.5. The Hall–Kier alpha value is -1.06. The lowest BCUT2D eigenvalue weighted by Crippen LogP contribution is -2.35. The Balaban J connectivity index is 2.47. The molecular formula is C16H27NO2. The fourth-order valence-corrected chi connectivity index (χ4v) is 2.01. The molecule has 2 N–H and O–H groups in total. The van der Waals surface area contributed by atoms with Crippen molar-refractivity contribution in [3.8, 4) is 5.75 Å². The van der Waals surface area contributed by atoms with E-state index in [9.17, 15) is 5.11 Å². The first-order valence-electron chi connectivity index (χ1n) is 7.05. The van der Waals surface area contributed by atoms with Crippen molar-refractivity contribution in [1.29, 1.82) is 0 Å². The summed E-state index contributed by atoms with van der Waals surface area (Å²) in [5.74, 6) is 1.35. The van der Waals surface area contributed by atoms with Crippen LogP contribution in [0, 0.1) is 6.92 Å². The second-order valence-electron chi connectivity index (χ2n) is 5.70. The molecule has 0 saturated carbocycles. The van der Waals surface area contributed by atoms with Gasteiger partial charge in [0.15, 0.2) is 0 Å². The van der Waals surface area contributed by atoms with Crippen LogP contribution in [0.25, 0.3) is 0 Å². The maximum absolute atomic E-state index is 9.78. The molecule has 0 aliphatic rings. The maximum atomic E-state index is 9.78. The van der Waals surface area contributed by atoms with E-state index >= 15 is 0 Å². The zero-order valence-electron chi connectivity index (χ0n) is 12.7. The van der Waals surface area contributed by atoms with E-state index in [4.69, 9.17) is 4.74 Å². The van der Waals surface area contributed by atoms with Gasteiger partial charge in [-0.25, -0.2) is 0 Å². The first-order chi connectivity index (χ1) is 8.90. The van der Waals surface area contributed by atoms with Crippen LogP contribution in [0.4, 0.5) is 0 Å². The minimum absolute atomic E-state index is 0.320. The molecule has 0 saturated heterocycles. The highest BCUT2D eigenvalue weighted by atomic mass is 16.5. The van der Waals surface area contributed by atoms with Crippen molar-refractivity contribution in [2.24, 2.45) is 0 Å². The molecule has 0 heterocycles. The lowest BCUT2D eigenvalue weighted by molar-refractivity contribution is 0.104. The number of aliphatic hydroxyl groups is 1. The van der Waals surface area contributed by atoms with Crippen molar-refractivity contribution < 1.29 is 9.84 Å². The SMILES string of the molecule is Cc1cc(OC[C@H](O)CNC(C)C)ccc1C(C)C. The van der Waals surface area contributed by atoms with E-state index in [1.54, 1.807) is 0 Å². The number of rotatable bonds is 7. The van der Waals surface area contributed by atoms with Gasteiger partial charge in [0.2, 0.25) is 0 Å². The van der Waals surface area contributed by atoms with Gasteiger partial charge in [0.1, 0.15) is 18.5 Å². The molecule has 1 atom stereocenters. The van der Waals surface area contributed by atoms with Crippen molar-refractivity contribution in [3.63, 3.8) is 0 Å². The molecule has 0 aliphatic heterocycles. The highest BCUT2D eigenvalue weighted by Crippen LogP contribution is 2.23. The molecule has 108 valence electrons. The monoisotopic (exact) mass is 265 g/mol. The number of aliphatic hydroxyl groups excluding tert-OH is 1. The molecule has 1 rings (SSSR count). The van der Waals surface area contributed by atoms with Crippen LogP contribution in [-0.4, -0.2) is 30.4 Å². The van der Waals surface area contributed by atoms with Crippen LogP contribution in [0.3, 0.4) is 0 Å². The van der Waals surface area contributed by atoms with Crippen LogP contribution in [0.5, 0.6) is 5.75 Å².